The predicted molar refractivity (Wildman–Crippen MR) is 86.5 cm³/mol. The van der Waals surface area contributed by atoms with E-state index in [9.17, 15) is 14.9 Å². The summed E-state index contributed by atoms with van der Waals surface area (Å²) in [6.07, 6.45) is 0.608. The monoisotopic (exact) mass is 317 g/mol. The Morgan fingerprint density at radius 2 is 2.13 bits per heavy atom. The van der Waals surface area contributed by atoms with E-state index in [0.717, 1.165) is 11.4 Å². The van der Waals surface area contributed by atoms with Crippen LogP contribution in [0, 0.1) is 24.0 Å². The fourth-order valence-electron chi connectivity index (χ4n) is 2.23. The summed E-state index contributed by atoms with van der Waals surface area (Å²) < 4.78 is 0. The Morgan fingerprint density at radius 1 is 1.39 bits per heavy atom. The van der Waals surface area contributed by atoms with E-state index in [2.05, 4.69) is 20.8 Å². The second-order valence-corrected chi connectivity index (χ2v) is 5.50. The highest BCUT2D eigenvalue weighted by molar-refractivity contribution is 5.90. The first kappa shape index (κ1) is 16.5. The highest BCUT2D eigenvalue weighted by Crippen LogP contribution is 2.21. The Bertz CT molecular complexity index is 726. The second kappa shape index (κ2) is 6.91. The number of aryl methyl sites for hydroxylation is 2. The normalized spacial score (nSPS) is 11.8. The molecule has 3 N–H and O–H groups in total. The molecule has 0 aliphatic rings. The number of benzene rings is 1. The number of H-pyrrole nitrogens is 1. The Balaban J connectivity index is 1.92. The van der Waals surface area contributed by atoms with Gasteiger partial charge in [-0.05, 0) is 38.5 Å². The number of nitrogens with one attached hydrogen (secondary N) is 3. The number of nitrogens with zero attached hydrogens (tertiary/aromatic N) is 2. The minimum Gasteiger partial charge on any atom is -0.335 e. The van der Waals surface area contributed by atoms with Crippen molar-refractivity contribution in [2.24, 2.45) is 0 Å². The molecule has 0 saturated carbocycles. The van der Waals surface area contributed by atoms with Crippen molar-refractivity contribution in [3.63, 3.8) is 0 Å². The molecular formula is C15H19N5O3. The van der Waals surface area contributed by atoms with Gasteiger partial charge in [-0.15, -0.1) is 0 Å². The van der Waals surface area contributed by atoms with Crippen LogP contribution in [-0.4, -0.2) is 27.2 Å². The topological polar surface area (TPSA) is 113 Å². The summed E-state index contributed by atoms with van der Waals surface area (Å²) in [5, 5.41) is 23.2. The van der Waals surface area contributed by atoms with E-state index >= 15 is 0 Å². The number of nitro groups is 1. The highest BCUT2D eigenvalue weighted by atomic mass is 16.6. The lowest BCUT2D eigenvalue weighted by Gasteiger charge is -2.14. The molecule has 0 bridgehead atoms. The van der Waals surface area contributed by atoms with E-state index in [1.54, 1.807) is 6.92 Å². The van der Waals surface area contributed by atoms with Crippen LogP contribution in [0.5, 0.6) is 0 Å². The van der Waals surface area contributed by atoms with Crippen LogP contribution in [0.25, 0.3) is 0 Å². The smallest absolute Gasteiger partial charge is 0.319 e. The van der Waals surface area contributed by atoms with Crippen molar-refractivity contribution >= 4 is 17.4 Å². The highest BCUT2D eigenvalue weighted by Gasteiger charge is 2.13. The maximum Gasteiger partial charge on any atom is 0.319 e. The average Bonchev–Trinajstić information content (AvgIpc) is 2.85. The lowest BCUT2D eigenvalue weighted by Crippen LogP contribution is -2.37. The average molecular weight is 317 g/mol. The van der Waals surface area contributed by atoms with Gasteiger partial charge < -0.3 is 10.6 Å². The standard InChI is InChI=1S/C15H19N5O3/c1-9-6-13(20(22)23)4-5-14(9)17-15(21)16-10(2)7-12-8-11(3)18-19-12/h4-6,8,10H,7H2,1-3H3,(H,18,19)(H2,16,17,21)/t10-/m0/s1. The third kappa shape index (κ3) is 4.53. The summed E-state index contributed by atoms with van der Waals surface area (Å²) in [5.41, 5.74) is 3.01. The van der Waals surface area contributed by atoms with Crippen molar-refractivity contribution < 1.29 is 9.72 Å². The van der Waals surface area contributed by atoms with Crippen molar-refractivity contribution in [1.82, 2.24) is 15.5 Å². The molecule has 122 valence electrons. The first-order chi connectivity index (χ1) is 10.8. The molecule has 0 spiro atoms. The van der Waals surface area contributed by atoms with Crippen LogP contribution in [0.2, 0.25) is 0 Å². The van der Waals surface area contributed by atoms with Crippen LogP contribution >= 0.6 is 0 Å². The number of aromatic amines is 1. The summed E-state index contributed by atoms with van der Waals surface area (Å²) in [7, 11) is 0. The zero-order valence-electron chi connectivity index (χ0n) is 13.2. The van der Waals surface area contributed by atoms with Gasteiger partial charge in [-0.2, -0.15) is 5.10 Å². The third-order valence-corrected chi connectivity index (χ3v) is 3.32. The van der Waals surface area contributed by atoms with Crippen molar-refractivity contribution in [2.75, 3.05) is 5.32 Å². The van der Waals surface area contributed by atoms with Gasteiger partial charge in [-0.3, -0.25) is 15.2 Å². The van der Waals surface area contributed by atoms with Crippen LogP contribution in [0.4, 0.5) is 16.2 Å². The summed E-state index contributed by atoms with van der Waals surface area (Å²) in [5.74, 6) is 0. The molecular weight excluding hydrogens is 298 g/mol. The van der Waals surface area contributed by atoms with Gasteiger partial charge in [-0.1, -0.05) is 0 Å². The Hall–Kier alpha value is -2.90. The van der Waals surface area contributed by atoms with E-state index < -0.39 is 4.92 Å². The van der Waals surface area contributed by atoms with Crippen molar-refractivity contribution in [2.45, 2.75) is 33.2 Å². The molecule has 1 atom stereocenters. The van der Waals surface area contributed by atoms with Crippen molar-refractivity contribution in [3.8, 4) is 0 Å². The van der Waals surface area contributed by atoms with E-state index in [4.69, 9.17) is 0 Å². The molecule has 0 saturated heterocycles. The molecule has 1 aromatic heterocycles. The summed E-state index contributed by atoms with van der Waals surface area (Å²) in [6, 6.07) is 5.77. The Morgan fingerprint density at radius 3 is 2.70 bits per heavy atom. The largest absolute Gasteiger partial charge is 0.335 e. The van der Waals surface area contributed by atoms with Gasteiger partial charge in [0.2, 0.25) is 0 Å². The summed E-state index contributed by atoms with van der Waals surface area (Å²) >= 11 is 0. The molecule has 1 aromatic carbocycles. The first-order valence-electron chi connectivity index (χ1n) is 7.18. The fourth-order valence-corrected chi connectivity index (χ4v) is 2.23. The molecule has 1 heterocycles. The molecule has 0 radical (unpaired) electrons. The first-order valence-corrected chi connectivity index (χ1v) is 7.18. The lowest BCUT2D eigenvalue weighted by atomic mass is 10.1. The van der Waals surface area contributed by atoms with Gasteiger partial charge in [-0.25, -0.2) is 4.79 Å². The number of nitro benzene ring substituents is 1. The van der Waals surface area contributed by atoms with Crippen molar-refractivity contribution in [3.05, 3.63) is 51.3 Å². The van der Waals surface area contributed by atoms with Crippen LogP contribution in [0.15, 0.2) is 24.3 Å². The maximum absolute atomic E-state index is 12.0. The molecule has 0 aliphatic carbocycles. The number of anilines is 1. The molecule has 23 heavy (non-hydrogen) atoms. The zero-order valence-corrected chi connectivity index (χ0v) is 13.2. The van der Waals surface area contributed by atoms with Crippen molar-refractivity contribution in [1.29, 1.82) is 0 Å². The quantitative estimate of drug-likeness (QED) is 0.581. The number of urea groups is 1. The van der Waals surface area contributed by atoms with Crippen LogP contribution in [-0.2, 0) is 6.42 Å². The fraction of sp³-hybridized carbons (Fsp3) is 0.333. The number of aromatic nitrogens is 2. The molecule has 8 heteroatoms. The maximum atomic E-state index is 12.0. The van der Waals surface area contributed by atoms with Gasteiger partial charge in [0.05, 0.1) is 10.6 Å². The minimum absolute atomic E-state index is 0.00396. The van der Waals surface area contributed by atoms with Gasteiger partial charge >= 0.3 is 6.03 Å². The SMILES string of the molecule is Cc1cc(C[C@H](C)NC(=O)Nc2ccc([N+](=O)[O-])cc2C)n[nH]1. The summed E-state index contributed by atoms with van der Waals surface area (Å²) in [4.78, 5) is 22.2. The minimum atomic E-state index is -0.467. The van der Waals surface area contributed by atoms with Crippen LogP contribution in [0.3, 0.4) is 0 Å². The number of amides is 2. The lowest BCUT2D eigenvalue weighted by molar-refractivity contribution is -0.384. The molecule has 8 nitrogen and oxygen atoms in total. The number of non-ortho nitro benzene ring substituents is 1. The Labute approximate surface area is 133 Å². The number of rotatable bonds is 5. The van der Waals surface area contributed by atoms with Gasteiger partial charge in [0.15, 0.2) is 0 Å². The van der Waals surface area contributed by atoms with Gasteiger partial charge in [0, 0.05) is 36.0 Å². The molecule has 2 amide bonds. The molecule has 0 aliphatic heterocycles. The Kier molecular flexibility index (Phi) is 4.95. The van der Waals surface area contributed by atoms with E-state index in [-0.39, 0.29) is 17.8 Å². The number of carbonyl (C=O) groups excluding carboxylic acids is 1. The van der Waals surface area contributed by atoms with Gasteiger partial charge in [0.25, 0.3) is 5.69 Å². The van der Waals surface area contributed by atoms with E-state index in [0.29, 0.717) is 17.7 Å². The third-order valence-electron chi connectivity index (χ3n) is 3.32. The molecule has 2 aromatic rings. The zero-order chi connectivity index (χ0) is 17.0. The number of carbonyl (C=O) groups is 1. The van der Waals surface area contributed by atoms with E-state index in [1.165, 1.54) is 18.2 Å². The second-order valence-electron chi connectivity index (χ2n) is 5.50. The molecule has 2 rings (SSSR count). The van der Waals surface area contributed by atoms with E-state index in [1.807, 2.05) is 19.9 Å². The predicted octanol–water partition coefficient (Wildman–Crippen LogP) is 2.69. The molecule has 0 fully saturated rings. The summed E-state index contributed by atoms with van der Waals surface area (Å²) in [6.45, 7) is 5.50. The van der Waals surface area contributed by atoms with Crippen LogP contribution in [0.1, 0.15) is 23.9 Å². The molecule has 0 unspecified atom stereocenters. The van der Waals surface area contributed by atoms with Crippen LogP contribution < -0.4 is 10.6 Å². The number of hydrogen-bond donors (Lipinski definition) is 3. The van der Waals surface area contributed by atoms with Gasteiger partial charge in [0.1, 0.15) is 0 Å². The number of hydrogen-bond acceptors (Lipinski definition) is 4.